The predicted octanol–water partition coefficient (Wildman–Crippen LogP) is 3.19. The van der Waals surface area contributed by atoms with Crippen LogP contribution in [-0.2, 0) is 6.54 Å². The maximum Gasteiger partial charge on any atom is 0.205 e. The third-order valence-corrected chi connectivity index (χ3v) is 4.69. The first-order valence-electron chi connectivity index (χ1n) is 7.35. The minimum atomic E-state index is 0.655. The van der Waals surface area contributed by atoms with Crippen LogP contribution in [0.5, 0.6) is 11.5 Å². The lowest BCUT2D eigenvalue weighted by molar-refractivity contribution is 0.296. The first-order valence-corrected chi connectivity index (χ1v) is 8.16. The summed E-state index contributed by atoms with van der Waals surface area (Å²) in [6, 6.07) is 6.02. The van der Waals surface area contributed by atoms with Crippen LogP contribution in [0.25, 0.3) is 0 Å². The summed E-state index contributed by atoms with van der Waals surface area (Å²) in [5.41, 5.74) is 1.09. The molecule has 1 aliphatic heterocycles. The molecule has 1 aromatic carbocycles. The van der Waals surface area contributed by atoms with Gasteiger partial charge in [0, 0.05) is 24.4 Å². The Morgan fingerprint density at radius 3 is 3.00 bits per heavy atom. The summed E-state index contributed by atoms with van der Waals surface area (Å²) in [4.78, 5) is 0. The average molecular weight is 303 g/mol. The van der Waals surface area contributed by atoms with Crippen molar-refractivity contribution in [1.29, 1.82) is 0 Å². The van der Waals surface area contributed by atoms with E-state index < -0.39 is 0 Å². The van der Waals surface area contributed by atoms with E-state index in [0.717, 1.165) is 33.6 Å². The molecule has 0 bridgehead atoms. The number of benzene rings is 1. The molecule has 110 valence electrons. The highest BCUT2D eigenvalue weighted by atomic mass is 32.1. The highest BCUT2D eigenvalue weighted by Crippen LogP contribution is 2.42. The van der Waals surface area contributed by atoms with Crippen molar-refractivity contribution in [3.05, 3.63) is 28.8 Å². The predicted molar refractivity (Wildman–Crippen MR) is 81.3 cm³/mol. The Morgan fingerprint density at radius 2 is 2.10 bits per heavy atom. The van der Waals surface area contributed by atoms with Gasteiger partial charge in [-0.15, -0.1) is 10.2 Å². The quantitative estimate of drug-likeness (QED) is 0.940. The number of nitrogens with one attached hydrogen (secondary N) is 1. The summed E-state index contributed by atoms with van der Waals surface area (Å²) in [6.07, 6.45) is 3.43. The van der Waals surface area contributed by atoms with Crippen LogP contribution in [0.4, 0.5) is 5.13 Å². The molecule has 5 nitrogen and oxygen atoms in total. The van der Waals surface area contributed by atoms with Gasteiger partial charge < -0.3 is 14.8 Å². The fourth-order valence-electron chi connectivity index (χ4n) is 2.37. The number of hydrogen-bond donors (Lipinski definition) is 1. The Labute approximate surface area is 127 Å². The number of nitrogens with zero attached hydrogens (tertiary/aromatic N) is 2. The molecule has 4 rings (SSSR count). The van der Waals surface area contributed by atoms with Crippen molar-refractivity contribution in [2.24, 2.45) is 0 Å². The van der Waals surface area contributed by atoms with Crippen molar-refractivity contribution in [2.45, 2.75) is 31.7 Å². The molecule has 0 atom stereocenters. The number of hydrogen-bond acceptors (Lipinski definition) is 6. The van der Waals surface area contributed by atoms with Crippen LogP contribution in [0.15, 0.2) is 18.2 Å². The molecule has 1 fully saturated rings. The minimum absolute atomic E-state index is 0.655. The molecule has 2 aliphatic rings. The Balaban J connectivity index is 1.48. The van der Waals surface area contributed by atoms with Crippen LogP contribution >= 0.6 is 11.3 Å². The molecule has 2 aromatic rings. The monoisotopic (exact) mass is 303 g/mol. The van der Waals surface area contributed by atoms with Crippen molar-refractivity contribution in [2.75, 3.05) is 18.5 Å². The van der Waals surface area contributed by atoms with E-state index in [0.29, 0.717) is 25.7 Å². The van der Waals surface area contributed by atoms with Crippen molar-refractivity contribution in [3.63, 3.8) is 0 Å². The zero-order chi connectivity index (χ0) is 14.1. The second-order valence-electron chi connectivity index (χ2n) is 5.37. The molecule has 2 heterocycles. The molecule has 0 amide bonds. The number of para-hydroxylation sites is 1. The Kier molecular flexibility index (Phi) is 3.39. The maximum atomic E-state index is 5.82. The Morgan fingerprint density at radius 1 is 1.19 bits per heavy atom. The van der Waals surface area contributed by atoms with Gasteiger partial charge in [-0.05, 0) is 18.9 Å². The van der Waals surface area contributed by atoms with Gasteiger partial charge in [0.2, 0.25) is 5.13 Å². The maximum absolute atomic E-state index is 5.82. The van der Waals surface area contributed by atoms with Gasteiger partial charge in [-0.3, -0.25) is 0 Å². The van der Waals surface area contributed by atoms with E-state index in [1.165, 1.54) is 12.8 Å². The van der Waals surface area contributed by atoms with Crippen LogP contribution in [0.3, 0.4) is 0 Å². The molecule has 21 heavy (non-hydrogen) atoms. The summed E-state index contributed by atoms with van der Waals surface area (Å²) in [6.45, 7) is 2.09. The molecule has 1 saturated carbocycles. The third-order valence-electron chi connectivity index (χ3n) is 3.65. The van der Waals surface area contributed by atoms with Crippen LogP contribution in [0, 0.1) is 0 Å². The summed E-state index contributed by atoms with van der Waals surface area (Å²) >= 11 is 1.66. The number of fused-ring (bicyclic) bond motifs is 1. The lowest BCUT2D eigenvalue weighted by atomic mass is 10.2. The molecular formula is C15H17N3O2S. The van der Waals surface area contributed by atoms with Crippen molar-refractivity contribution in [3.8, 4) is 11.5 Å². The van der Waals surface area contributed by atoms with Gasteiger partial charge >= 0.3 is 0 Å². The Bertz CT molecular complexity index is 640. The van der Waals surface area contributed by atoms with Crippen LogP contribution in [-0.4, -0.2) is 23.4 Å². The fourth-order valence-corrected chi connectivity index (χ4v) is 3.27. The normalized spacial score (nSPS) is 17.3. The third kappa shape index (κ3) is 2.81. The van der Waals surface area contributed by atoms with Gasteiger partial charge in [-0.25, -0.2) is 0 Å². The second kappa shape index (κ2) is 5.52. The fraction of sp³-hybridized carbons (Fsp3) is 0.467. The molecule has 0 unspecified atom stereocenters. The summed E-state index contributed by atoms with van der Waals surface area (Å²) < 4.78 is 11.5. The summed E-state index contributed by atoms with van der Waals surface area (Å²) in [5.74, 6) is 2.35. The SMILES string of the molecule is c1cc(CNc2nnc(C3CC3)s2)c2c(c1)OCCCO2. The van der Waals surface area contributed by atoms with Crippen molar-refractivity contribution in [1.82, 2.24) is 10.2 Å². The molecule has 6 heteroatoms. The molecule has 1 aliphatic carbocycles. The van der Waals surface area contributed by atoms with Gasteiger partial charge in [-0.2, -0.15) is 0 Å². The average Bonchev–Trinajstić information content (AvgIpc) is 3.29. The molecule has 0 spiro atoms. The highest BCUT2D eigenvalue weighted by molar-refractivity contribution is 7.15. The Hall–Kier alpha value is -1.82. The zero-order valence-electron chi connectivity index (χ0n) is 11.7. The van der Waals surface area contributed by atoms with E-state index in [1.807, 2.05) is 12.1 Å². The number of rotatable bonds is 4. The molecule has 0 radical (unpaired) electrons. The number of aromatic nitrogens is 2. The van der Waals surface area contributed by atoms with Crippen molar-refractivity contribution < 1.29 is 9.47 Å². The molecule has 1 N–H and O–H groups in total. The van der Waals surface area contributed by atoms with E-state index in [2.05, 4.69) is 21.6 Å². The highest BCUT2D eigenvalue weighted by Gasteiger charge is 2.27. The van der Waals surface area contributed by atoms with Gasteiger partial charge in [0.25, 0.3) is 0 Å². The standard InChI is InChI=1S/C15H17N3O2S/c1-3-11(13-12(4-1)19-7-2-8-20-13)9-16-15-18-17-14(21-15)10-5-6-10/h1,3-4,10H,2,5-9H2,(H,16,18). The topological polar surface area (TPSA) is 56.3 Å². The molecular weight excluding hydrogens is 286 g/mol. The lowest BCUT2D eigenvalue weighted by Crippen LogP contribution is -2.03. The molecule has 0 saturated heterocycles. The first kappa shape index (κ1) is 12.9. The summed E-state index contributed by atoms with van der Waals surface area (Å²) in [7, 11) is 0. The van der Waals surface area contributed by atoms with E-state index in [9.17, 15) is 0 Å². The van der Waals surface area contributed by atoms with Crippen LogP contribution in [0.2, 0.25) is 0 Å². The lowest BCUT2D eigenvalue weighted by Gasteiger charge is -2.12. The van der Waals surface area contributed by atoms with Gasteiger partial charge in [0.05, 0.1) is 13.2 Å². The smallest absolute Gasteiger partial charge is 0.205 e. The largest absolute Gasteiger partial charge is 0.490 e. The number of anilines is 1. The molecule has 1 aromatic heterocycles. The van der Waals surface area contributed by atoms with Crippen molar-refractivity contribution >= 4 is 16.5 Å². The van der Waals surface area contributed by atoms with E-state index in [-0.39, 0.29) is 0 Å². The van der Waals surface area contributed by atoms with E-state index in [1.54, 1.807) is 11.3 Å². The van der Waals surface area contributed by atoms with Crippen LogP contribution in [0.1, 0.15) is 35.8 Å². The number of ether oxygens (including phenoxy) is 2. The zero-order valence-corrected chi connectivity index (χ0v) is 12.5. The second-order valence-corrected chi connectivity index (χ2v) is 6.38. The van der Waals surface area contributed by atoms with Gasteiger partial charge in [0.1, 0.15) is 5.01 Å². The summed E-state index contributed by atoms with van der Waals surface area (Å²) in [5, 5.41) is 13.8. The van der Waals surface area contributed by atoms with Gasteiger partial charge in [0.15, 0.2) is 11.5 Å². The van der Waals surface area contributed by atoms with Crippen LogP contribution < -0.4 is 14.8 Å². The van der Waals surface area contributed by atoms with Gasteiger partial charge in [-0.1, -0.05) is 23.5 Å². The first-order chi connectivity index (χ1) is 10.4. The van der Waals surface area contributed by atoms with E-state index >= 15 is 0 Å². The van der Waals surface area contributed by atoms with E-state index in [4.69, 9.17) is 9.47 Å². The minimum Gasteiger partial charge on any atom is -0.490 e.